The molecule has 0 N–H and O–H groups in total. The highest BCUT2D eigenvalue weighted by Crippen LogP contribution is 2.44. The van der Waals surface area contributed by atoms with Gasteiger partial charge in [0.25, 0.3) is 0 Å². The smallest absolute Gasteiger partial charge is 0.0947 e. The molecule has 238 valence electrons. The standard InChI is InChI=1S/C46H29N5/c1-7-19-38-32(13-1)33-14-2-8-20-39(33)49(38)44-27-31(30-25-26-47-48-29-30)28-45(50-40-21-9-3-15-34(40)35-16-4-10-22-41(35)50)46(44)51-42-23-11-5-17-36(42)37-18-6-12-24-43(37)51/h1-29H. The zero-order chi connectivity index (χ0) is 33.5. The molecule has 0 radical (unpaired) electrons. The van der Waals surface area contributed by atoms with Crippen molar-refractivity contribution in [3.05, 3.63) is 176 Å². The monoisotopic (exact) mass is 651 g/mol. The van der Waals surface area contributed by atoms with Gasteiger partial charge in [-0.05, 0) is 60.2 Å². The van der Waals surface area contributed by atoms with Gasteiger partial charge in [-0.1, -0.05) is 109 Å². The average molecular weight is 652 g/mol. The Morgan fingerprint density at radius 2 is 0.647 bits per heavy atom. The van der Waals surface area contributed by atoms with E-state index in [0.717, 1.165) is 61.3 Å². The molecular formula is C46H29N5. The van der Waals surface area contributed by atoms with Crippen molar-refractivity contribution < 1.29 is 0 Å². The number of aromatic nitrogens is 5. The molecule has 0 saturated carbocycles. The highest BCUT2D eigenvalue weighted by Gasteiger charge is 2.25. The molecule has 0 fully saturated rings. The van der Waals surface area contributed by atoms with Gasteiger partial charge >= 0.3 is 0 Å². The Morgan fingerprint density at radius 3 is 0.980 bits per heavy atom. The van der Waals surface area contributed by atoms with Gasteiger partial charge in [0.2, 0.25) is 0 Å². The van der Waals surface area contributed by atoms with Crippen LogP contribution in [0.2, 0.25) is 0 Å². The Bertz CT molecular complexity index is 2850. The third kappa shape index (κ3) is 3.97. The van der Waals surface area contributed by atoms with Crippen LogP contribution in [0.15, 0.2) is 176 Å². The SMILES string of the molecule is c1ccc2c(c1)c1ccccc1n2-c1cc(-c2ccnnc2)cc(-n2c3ccccc3c3ccccc32)c1-n1c2ccccc2c2ccccc21. The molecule has 0 bridgehead atoms. The Balaban J connectivity index is 1.43. The predicted molar refractivity (Wildman–Crippen MR) is 210 cm³/mol. The first kappa shape index (κ1) is 27.9. The third-order valence-electron chi connectivity index (χ3n) is 10.4. The van der Waals surface area contributed by atoms with Crippen molar-refractivity contribution in [2.75, 3.05) is 0 Å². The quantitative estimate of drug-likeness (QED) is 0.190. The zero-order valence-corrected chi connectivity index (χ0v) is 27.5. The van der Waals surface area contributed by atoms with E-state index in [2.05, 4.69) is 182 Å². The number of nitrogens with zero attached hydrogens (tertiary/aromatic N) is 5. The highest BCUT2D eigenvalue weighted by molar-refractivity contribution is 6.13. The molecule has 0 aliphatic carbocycles. The first-order valence-corrected chi connectivity index (χ1v) is 17.3. The molecule has 0 saturated heterocycles. The fourth-order valence-corrected chi connectivity index (χ4v) is 8.33. The topological polar surface area (TPSA) is 40.6 Å². The van der Waals surface area contributed by atoms with Crippen molar-refractivity contribution >= 4 is 65.4 Å². The molecule has 0 aliphatic heterocycles. The molecule has 5 heteroatoms. The highest BCUT2D eigenvalue weighted by atomic mass is 15.1. The van der Waals surface area contributed by atoms with Gasteiger partial charge in [0.15, 0.2) is 0 Å². The van der Waals surface area contributed by atoms with E-state index in [9.17, 15) is 0 Å². The maximum Gasteiger partial charge on any atom is 0.0947 e. The van der Waals surface area contributed by atoms with E-state index in [4.69, 9.17) is 0 Å². The van der Waals surface area contributed by atoms with Gasteiger partial charge in [-0.15, -0.1) is 0 Å². The number of hydrogen-bond donors (Lipinski definition) is 0. The van der Waals surface area contributed by atoms with Gasteiger partial charge < -0.3 is 13.7 Å². The number of benzene rings is 7. The van der Waals surface area contributed by atoms with Gasteiger partial charge in [0, 0.05) is 37.9 Å². The Hall–Kier alpha value is -6.98. The van der Waals surface area contributed by atoms with Crippen LogP contribution in [0.4, 0.5) is 0 Å². The number of fused-ring (bicyclic) bond motifs is 9. The van der Waals surface area contributed by atoms with Gasteiger partial charge in [0.05, 0.1) is 62.6 Å². The summed E-state index contributed by atoms with van der Waals surface area (Å²) in [4.78, 5) is 0. The van der Waals surface area contributed by atoms with Crippen LogP contribution in [0.1, 0.15) is 0 Å². The molecule has 5 nitrogen and oxygen atoms in total. The summed E-state index contributed by atoms with van der Waals surface area (Å²) in [5, 5.41) is 15.8. The second-order valence-electron chi connectivity index (χ2n) is 13.1. The average Bonchev–Trinajstić information content (AvgIpc) is 3.84. The summed E-state index contributed by atoms with van der Waals surface area (Å²) >= 11 is 0. The van der Waals surface area contributed by atoms with E-state index < -0.39 is 0 Å². The van der Waals surface area contributed by atoms with E-state index in [-0.39, 0.29) is 0 Å². The maximum absolute atomic E-state index is 4.33. The molecule has 0 aliphatic rings. The van der Waals surface area contributed by atoms with Crippen LogP contribution in [-0.2, 0) is 0 Å². The summed E-state index contributed by atoms with van der Waals surface area (Å²) in [6.07, 6.45) is 3.64. The van der Waals surface area contributed by atoms with Crippen LogP contribution < -0.4 is 0 Å². The lowest BCUT2D eigenvalue weighted by Gasteiger charge is -2.23. The maximum atomic E-state index is 4.33. The summed E-state index contributed by atoms with van der Waals surface area (Å²) in [7, 11) is 0. The van der Waals surface area contributed by atoms with E-state index in [1.165, 1.54) is 32.3 Å². The summed E-state index contributed by atoms with van der Waals surface area (Å²) < 4.78 is 7.40. The summed E-state index contributed by atoms with van der Waals surface area (Å²) in [6, 6.07) is 59.3. The minimum atomic E-state index is 1.00. The molecule has 11 rings (SSSR count). The van der Waals surface area contributed by atoms with E-state index in [0.29, 0.717) is 0 Å². The van der Waals surface area contributed by atoms with E-state index >= 15 is 0 Å². The fourth-order valence-electron chi connectivity index (χ4n) is 8.33. The Labute approximate surface area is 292 Å². The normalized spacial score (nSPS) is 11.9. The molecule has 0 amide bonds. The zero-order valence-electron chi connectivity index (χ0n) is 27.5. The largest absolute Gasteiger partial charge is 0.307 e. The van der Waals surface area contributed by atoms with Gasteiger partial charge in [-0.25, -0.2) is 0 Å². The molecule has 0 spiro atoms. The minimum Gasteiger partial charge on any atom is -0.307 e. The Kier molecular flexibility index (Phi) is 5.89. The van der Waals surface area contributed by atoms with Crippen molar-refractivity contribution in [2.24, 2.45) is 0 Å². The fraction of sp³-hybridized carbons (Fsp3) is 0. The number of para-hydroxylation sites is 6. The van der Waals surface area contributed by atoms with Gasteiger partial charge in [-0.3, -0.25) is 0 Å². The van der Waals surface area contributed by atoms with Crippen molar-refractivity contribution in [2.45, 2.75) is 0 Å². The van der Waals surface area contributed by atoms with Crippen molar-refractivity contribution in [3.8, 4) is 28.2 Å². The van der Waals surface area contributed by atoms with Crippen molar-refractivity contribution in [3.63, 3.8) is 0 Å². The number of rotatable bonds is 4. The number of hydrogen-bond acceptors (Lipinski definition) is 2. The van der Waals surface area contributed by atoms with Crippen molar-refractivity contribution in [1.29, 1.82) is 0 Å². The Morgan fingerprint density at radius 1 is 0.314 bits per heavy atom. The summed E-state index contributed by atoms with van der Waals surface area (Å²) in [5.74, 6) is 0. The first-order chi connectivity index (χ1) is 25.3. The van der Waals surface area contributed by atoms with E-state index in [1.54, 1.807) is 6.20 Å². The van der Waals surface area contributed by atoms with Crippen LogP contribution in [0.5, 0.6) is 0 Å². The lowest BCUT2D eigenvalue weighted by molar-refractivity contribution is 1.03. The summed E-state index contributed by atoms with van der Waals surface area (Å²) in [5.41, 5.74) is 12.2. The van der Waals surface area contributed by atoms with Gasteiger partial charge in [-0.2, -0.15) is 10.2 Å². The van der Waals surface area contributed by atoms with Crippen LogP contribution in [0, 0.1) is 0 Å². The van der Waals surface area contributed by atoms with Crippen molar-refractivity contribution in [1.82, 2.24) is 23.9 Å². The third-order valence-corrected chi connectivity index (χ3v) is 10.4. The molecule has 7 aromatic carbocycles. The second kappa shape index (κ2) is 10.8. The van der Waals surface area contributed by atoms with Gasteiger partial charge in [0.1, 0.15) is 0 Å². The van der Waals surface area contributed by atoms with Crippen LogP contribution in [0.25, 0.3) is 93.6 Å². The van der Waals surface area contributed by atoms with Crippen LogP contribution in [0.3, 0.4) is 0 Å². The second-order valence-corrected chi connectivity index (χ2v) is 13.1. The van der Waals surface area contributed by atoms with Crippen LogP contribution >= 0.6 is 0 Å². The minimum absolute atomic E-state index is 1.00. The molecule has 4 heterocycles. The molecular weight excluding hydrogens is 623 g/mol. The molecule has 0 unspecified atom stereocenters. The molecule has 11 aromatic rings. The molecule has 51 heavy (non-hydrogen) atoms. The van der Waals surface area contributed by atoms with E-state index in [1.807, 2.05) is 12.3 Å². The summed E-state index contributed by atoms with van der Waals surface area (Å²) in [6.45, 7) is 0. The van der Waals surface area contributed by atoms with Crippen LogP contribution in [-0.4, -0.2) is 23.9 Å². The lowest BCUT2D eigenvalue weighted by atomic mass is 10.0. The molecule has 4 aromatic heterocycles. The lowest BCUT2D eigenvalue weighted by Crippen LogP contribution is -2.10. The predicted octanol–water partition coefficient (Wildman–Crippen LogP) is 11.4. The molecule has 0 atom stereocenters. The first-order valence-electron chi connectivity index (χ1n) is 17.3.